The topological polar surface area (TPSA) is 68.5 Å². The molecule has 132 valence electrons. The van der Waals surface area contributed by atoms with Crippen molar-refractivity contribution in [2.45, 2.75) is 38.3 Å². The van der Waals surface area contributed by atoms with Crippen LogP contribution in [0.3, 0.4) is 0 Å². The molecule has 1 aromatic carbocycles. The van der Waals surface area contributed by atoms with Crippen molar-refractivity contribution in [1.29, 1.82) is 0 Å². The van der Waals surface area contributed by atoms with Crippen LogP contribution in [-0.4, -0.2) is 41.2 Å². The highest BCUT2D eigenvalue weighted by molar-refractivity contribution is 5.68. The standard InChI is InChI=1S/C20H25N3O2/c1-2-25-20(24)23-12-6-9-18(21)19(23)14-17-13-16(10-11-22-17)15-7-4-3-5-8-15/h3-5,7-8,10-11,13,18-19H,2,6,9,12,14,21H2,1H3. The lowest BCUT2D eigenvalue weighted by molar-refractivity contribution is 0.0699. The van der Waals surface area contributed by atoms with E-state index < -0.39 is 0 Å². The van der Waals surface area contributed by atoms with E-state index in [-0.39, 0.29) is 18.2 Å². The average molecular weight is 339 g/mol. The van der Waals surface area contributed by atoms with Crippen LogP contribution in [0, 0.1) is 0 Å². The first-order valence-electron chi connectivity index (χ1n) is 8.88. The van der Waals surface area contributed by atoms with Gasteiger partial charge in [-0.1, -0.05) is 30.3 Å². The number of hydrogen-bond donors (Lipinski definition) is 1. The molecule has 1 amide bonds. The zero-order valence-electron chi connectivity index (χ0n) is 14.6. The van der Waals surface area contributed by atoms with Gasteiger partial charge in [0.25, 0.3) is 0 Å². The number of ether oxygens (including phenoxy) is 1. The normalized spacial score (nSPS) is 20.3. The fraction of sp³-hybridized carbons (Fsp3) is 0.400. The molecular weight excluding hydrogens is 314 g/mol. The van der Waals surface area contributed by atoms with Crippen LogP contribution < -0.4 is 5.73 Å². The molecule has 2 aromatic rings. The smallest absolute Gasteiger partial charge is 0.410 e. The summed E-state index contributed by atoms with van der Waals surface area (Å²) >= 11 is 0. The number of benzene rings is 1. The van der Waals surface area contributed by atoms with Gasteiger partial charge in [-0.3, -0.25) is 4.98 Å². The van der Waals surface area contributed by atoms with E-state index in [4.69, 9.17) is 10.5 Å². The summed E-state index contributed by atoms with van der Waals surface area (Å²) in [6.07, 6.45) is 4.01. The predicted octanol–water partition coefficient (Wildman–Crippen LogP) is 3.24. The van der Waals surface area contributed by atoms with Crippen molar-refractivity contribution in [3.63, 3.8) is 0 Å². The summed E-state index contributed by atoms with van der Waals surface area (Å²) in [6.45, 7) is 2.89. The minimum Gasteiger partial charge on any atom is -0.450 e. The van der Waals surface area contributed by atoms with E-state index >= 15 is 0 Å². The monoisotopic (exact) mass is 339 g/mol. The van der Waals surface area contributed by atoms with Gasteiger partial charge in [0, 0.05) is 30.9 Å². The highest BCUT2D eigenvalue weighted by Crippen LogP contribution is 2.23. The van der Waals surface area contributed by atoms with Crippen molar-refractivity contribution in [3.05, 3.63) is 54.4 Å². The Bertz CT molecular complexity index is 705. The molecule has 3 rings (SSSR count). The zero-order chi connectivity index (χ0) is 17.6. The second-order valence-corrected chi connectivity index (χ2v) is 6.37. The van der Waals surface area contributed by atoms with Crippen molar-refractivity contribution in [1.82, 2.24) is 9.88 Å². The highest BCUT2D eigenvalue weighted by Gasteiger charge is 2.33. The van der Waals surface area contributed by atoms with Gasteiger partial charge in [-0.2, -0.15) is 0 Å². The Morgan fingerprint density at radius 2 is 2.08 bits per heavy atom. The van der Waals surface area contributed by atoms with Crippen LogP contribution in [-0.2, 0) is 11.2 Å². The van der Waals surface area contributed by atoms with Crippen LogP contribution >= 0.6 is 0 Å². The number of aromatic nitrogens is 1. The second kappa shape index (κ2) is 8.12. The van der Waals surface area contributed by atoms with E-state index in [0.29, 0.717) is 19.6 Å². The van der Waals surface area contributed by atoms with Gasteiger partial charge in [-0.25, -0.2) is 4.79 Å². The fourth-order valence-electron chi connectivity index (χ4n) is 3.40. The first kappa shape index (κ1) is 17.4. The summed E-state index contributed by atoms with van der Waals surface area (Å²) in [5.74, 6) is 0. The number of amides is 1. The summed E-state index contributed by atoms with van der Waals surface area (Å²) < 4.78 is 5.20. The molecule has 2 atom stereocenters. The second-order valence-electron chi connectivity index (χ2n) is 6.37. The van der Waals surface area contributed by atoms with E-state index in [1.807, 2.05) is 37.4 Å². The molecule has 1 saturated heterocycles. The van der Waals surface area contributed by atoms with Crippen LogP contribution in [0.25, 0.3) is 11.1 Å². The van der Waals surface area contributed by atoms with Gasteiger partial charge in [0.1, 0.15) is 0 Å². The largest absolute Gasteiger partial charge is 0.450 e. The number of piperidine rings is 1. The molecular formula is C20H25N3O2. The maximum atomic E-state index is 12.3. The molecule has 1 aliphatic rings. The minimum atomic E-state index is -0.276. The Hall–Kier alpha value is -2.40. The Morgan fingerprint density at radius 1 is 1.28 bits per heavy atom. The van der Waals surface area contributed by atoms with E-state index in [1.54, 1.807) is 4.90 Å². The van der Waals surface area contributed by atoms with Gasteiger partial charge in [-0.15, -0.1) is 0 Å². The quantitative estimate of drug-likeness (QED) is 0.928. The number of likely N-dealkylation sites (tertiary alicyclic amines) is 1. The summed E-state index contributed by atoms with van der Waals surface area (Å²) in [5, 5.41) is 0. The van der Waals surface area contributed by atoms with Crippen LogP contribution in [0.15, 0.2) is 48.7 Å². The van der Waals surface area contributed by atoms with E-state index in [9.17, 15) is 4.79 Å². The Morgan fingerprint density at radius 3 is 2.84 bits per heavy atom. The summed E-state index contributed by atoms with van der Waals surface area (Å²) in [4.78, 5) is 18.5. The Kier molecular flexibility index (Phi) is 5.66. The molecule has 0 saturated carbocycles. The molecule has 2 heterocycles. The molecule has 25 heavy (non-hydrogen) atoms. The van der Waals surface area contributed by atoms with Crippen molar-refractivity contribution >= 4 is 6.09 Å². The number of nitrogens with zero attached hydrogens (tertiary/aromatic N) is 2. The van der Waals surface area contributed by atoms with E-state index in [2.05, 4.69) is 23.2 Å². The van der Waals surface area contributed by atoms with Crippen molar-refractivity contribution in [2.75, 3.05) is 13.2 Å². The number of rotatable bonds is 4. The number of carbonyl (C=O) groups is 1. The van der Waals surface area contributed by atoms with Gasteiger partial charge in [0.05, 0.1) is 12.6 Å². The summed E-state index contributed by atoms with van der Waals surface area (Å²) in [5.41, 5.74) is 9.54. The number of hydrogen-bond acceptors (Lipinski definition) is 4. The Labute approximate surface area is 148 Å². The lowest BCUT2D eigenvalue weighted by Gasteiger charge is -2.38. The third kappa shape index (κ3) is 4.17. The molecule has 5 nitrogen and oxygen atoms in total. The maximum Gasteiger partial charge on any atom is 0.410 e. The van der Waals surface area contributed by atoms with Crippen LogP contribution in [0.1, 0.15) is 25.5 Å². The van der Waals surface area contributed by atoms with Crippen molar-refractivity contribution in [2.24, 2.45) is 5.73 Å². The average Bonchev–Trinajstić information content (AvgIpc) is 2.64. The molecule has 0 radical (unpaired) electrons. The molecule has 1 aromatic heterocycles. The Balaban J connectivity index is 1.80. The number of nitrogens with two attached hydrogens (primary N) is 1. The lowest BCUT2D eigenvalue weighted by Crippen LogP contribution is -2.55. The van der Waals surface area contributed by atoms with Gasteiger partial charge in [0.2, 0.25) is 0 Å². The van der Waals surface area contributed by atoms with Gasteiger partial charge in [-0.05, 0) is 43.0 Å². The first-order valence-corrected chi connectivity index (χ1v) is 8.88. The minimum absolute atomic E-state index is 0.0552. The summed E-state index contributed by atoms with van der Waals surface area (Å²) in [7, 11) is 0. The van der Waals surface area contributed by atoms with E-state index in [0.717, 1.165) is 29.7 Å². The number of carbonyl (C=O) groups excluding carboxylic acids is 1. The highest BCUT2D eigenvalue weighted by atomic mass is 16.6. The lowest BCUT2D eigenvalue weighted by atomic mass is 9.93. The van der Waals surface area contributed by atoms with Crippen LogP contribution in [0.5, 0.6) is 0 Å². The summed E-state index contributed by atoms with van der Waals surface area (Å²) in [6, 6.07) is 14.2. The van der Waals surface area contributed by atoms with Gasteiger partial charge >= 0.3 is 6.09 Å². The predicted molar refractivity (Wildman–Crippen MR) is 98.1 cm³/mol. The van der Waals surface area contributed by atoms with Crippen molar-refractivity contribution in [3.8, 4) is 11.1 Å². The molecule has 1 fully saturated rings. The van der Waals surface area contributed by atoms with Gasteiger partial charge in [0.15, 0.2) is 0 Å². The third-order valence-electron chi connectivity index (χ3n) is 4.68. The van der Waals surface area contributed by atoms with Crippen LogP contribution in [0.2, 0.25) is 0 Å². The van der Waals surface area contributed by atoms with E-state index in [1.165, 1.54) is 0 Å². The van der Waals surface area contributed by atoms with Crippen molar-refractivity contribution < 1.29 is 9.53 Å². The molecule has 0 aliphatic carbocycles. The zero-order valence-corrected chi connectivity index (χ0v) is 14.6. The van der Waals surface area contributed by atoms with Gasteiger partial charge < -0.3 is 15.4 Å². The molecule has 2 N–H and O–H groups in total. The number of pyridine rings is 1. The fourth-order valence-corrected chi connectivity index (χ4v) is 3.40. The SMILES string of the molecule is CCOC(=O)N1CCCC(N)C1Cc1cc(-c2ccccc2)ccn1. The molecule has 1 aliphatic heterocycles. The first-order chi connectivity index (χ1) is 12.2. The third-order valence-corrected chi connectivity index (χ3v) is 4.68. The molecule has 2 unspecified atom stereocenters. The molecule has 5 heteroatoms. The van der Waals surface area contributed by atoms with Crippen LogP contribution in [0.4, 0.5) is 4.79 Å². The molecule has 0 spiro atoms. The molecule has 0 bridgehead atoms. The maximum absolute atomic E-state index is 12.3.